The minimum absolute atomic E-state index is 0. The Hall–Kier alpha value is -4.39. The smallest absolute Gasteiger partial charge is 0.416 e. The van der Waals surface area contributed by atoms with Crippen LogP contribution < -0.4 is 0 Å². The van der Waals surface area contributed by atoms with E-state index in [1.807, 2.05) is 70.2 Å². The van der Waals surface area contributed by atoms with E-state index in [-0.39, 0.29) is 48.9 Å². The van der Waals surface area contributed by atoms with Crippen molar-refractivity contribution in [3.63, 3.8) is 0 Å². The normalized spacial score (nSPS) is 12.3. The summed E-state index contributed by atoms with van der Waals surface area (Å²) >= 11 is 0. The zero-order chi connectivity index (χ0) is 38.5. The molecule has 1 heterocycles. The molecule has 5 aromatic carbocycles. The zero-order valence-electron chi connectivity index (χ0n) is 31.9. The van der Waals surface area contributed by atoms with Crippen molar-refractivity contribution in [1.82, 2.24) is 9.97 Å². The van der Waals surface area contributed by atoms with Crippen molar-refractivity contribution in [1.29, 1.82) is 0 Å². The first-order valence-electron chi connectivity index (χ1n) is 18.4. The van der Waals surface area contributed by atoms with Gasteiger partial charge < -0.3 is 5.11 Å². The molecule has 0 atom stereocenters. The first-order valence-corrected chi connectivity index (χ1v) is 18.4. The minimum atomic E-state index is -4.37. The molecule has 54 heavy (non-hydrogen) atoms. The fourth-order valence-electron chi connectivity index (χ4n) is 6.84. The quantitative estimate of drug-likeness (QED) is 0.0679. The van der Waals surface area contributed by atoms with Crippen LogP contribution in [0.25, 0.3) is 54.8 Å². The third-order valence-electron chi connectivity index (χ3n) is 10.1. The minimum Gasteiger partial charge on any atom is -0.512 e. The SMILES string of the molecule is CC(C)(C)c1cc(-c2cc(-c3ccc4c(ccc5cc(C(F)(F)F)ccc54)c3)ncn2)[c-]c2ccccc12.CCC(CC)C(=O)/C=C(\O)C(CC)CC.[Ir]. The summed E-state index contributed by atoms with van der Waals surface area (Å²) in [6, 6.07) is 29.3. The molecule has 0 amide bonds. The first-order chi connectivity index (χ1) is 25.2. The summed E-state index contributed by atoms with van der Waals surface area (Å²) in [6.07, 6.45) is 2.10. The Bertz CT molecular complexity index is 2270. The number of aliphatic hydroxyl groups is 1. The van der Waals surface area contributed by atoms with Crippen molar-refractivity contribution in [2.24, 2.45) is 11.8 Å². The Labute approximate surface area is 330 Å². The van der Waals surface area contributed by atoms with Gasteiger partial charge in [-0.25, -0.2) is 4.98 Å². The Morgan fingerprint density at radius 2 is 1.33 bits per heavy atom. The largest absolute Gasteiger partial charge is 0.512 e. The second kappa shape index (κ2) is 17.8. The number of halogens is 3. The molecule has 8 heteroatoms. The number of hydrogen-bond acceptors (Lipinski definition) is 4. The van der Waals surface area contributed by atoms with E-state index < -0.39 is 11.7 Å². The van der Waals surface area contributed by atoms with Crippen molar-refractivity contribution < 1.29 is 43.2 Å². The van der Waals surface area contributed by atoms with E-state index in [0.717, 1.165) is 75.8 Å². The van der Waals surface area contributed by atoms with Gasteiger partial charge in [0.15, 0.2) is 5.78 Å². The van der Waals surface area contributed by atoms with Gasteiger partial charge in [0.1, 0.15) is 6.33 Å². The number of benzene rings is 5. The van der Waals surface area contributed by atoms with Crippen LogP contribution in [0.15, 0.2) is 103 Å². The number of nitrogens with zero attached hydrogens (tertiary/aromatic N) is 2. The topological polar surface area (TPSA) is 63.1 Å². The molecule has 0 aliphatic carbocycles. The molecule has 0 saturated heterocycles. The summed E-state index contributed by atoms with van der Waals surface area (Å²) in [5.74, 6) is 0.547. The van der Waals surface area contributed by atoms with Crippen LogP contribution in [0, 0.1) is 17.9 Å². The van der Waals surface area contributed by atoms with Crippen LogP contribution >= 0.6 is 0 Å². The molecule has 0 unspecified atom stereocenters. The van der Waals surface area contributed by atoms with Crippen LogP contribution in [0.1, 0.15) is 85.3 Å². The van der Waals surface area contributed by atoms with Crippen molar-refractivity contribution in [3.05, 3.63) is 120 Å². The summed E-state index contributed by atoms with van der Waals surface area (Å²) in [6.45, 7) is 14.7. The molecule has 6 aromatic rings. The standard InChI is InChI=1S/C33H24F3N2.C13H24O2.Ir/c1-32(2,3)29-17-24(15-20-6-4-5-7-28(20)29)31-18-30(37-19-38-31)23-10-12-26-21(14-23)8-9-22-16-25(33(34,35)36)11-13-27(22)26;1-5-10(6-2)12(14)9-13(15)11(7-3)8-4;/h4-14,16-19H,1-3H3;9-11,14H,5-8H2,1-4H3;/q-1;;/b;12-9-;. The van der Waals surface area contributed by atoms with Crippen molar-refractivity contribution in [2.75, 3.05) is 0 Å². The maximum Gasteiger partial charge on any atom is 0.416 e. The second-order valence-corrected chi connectivity index (χ2v) is 14.6. The molecule has 0 spiro atoms. The molecule has 0 fully saturated rings. The van der Waals surface area contributed by atoms with E-state index in [0.29, 0.717) is 5.39 Å². The van der Waals surface area contributed by atoms with E-state index in [2.05, 4.69) is 55.0 Å². The third-order valence-corrected chi connectivity index (χ3v) is 10.1. The summed E-state index contributed by atoms with van der Waals surface area (Å²) in [4.78, 5) is 20.8. The number of aromatic nitrogens is 2. The molecule has 1 N–H and O–H groups in total. The number of ketones is 1. The summed E-state index contributed by atoms with van der Waals surface area (Å²) < 4.78 is 39.5. The van der Waals surface area contributed by atoms with Gasteiger partial charge in [-0.1, -0.05) is 108 Å². The van der Waals surface area contributed by atoms with E-state index in [4.69, 9.17) is 0 Å². The van der Waals surface area contributed by atoms with Gasteiger partial charge in [0.25, 0.3) is 0 Å². The molecule has 0 bridgehead atoms. The van der Waals surface area contributed by atoms with Crippen molar-refractivity contribution in [3.8, 4) is 22.5 Å². The monoisotopic (exact) mass is 910 g/mol. The molecule has 0 saturated carbocycles. The van der Waals surface area contributed by atoms with E-state index in [1.54, 1.807) is 18.5 Å². The molecule has 1 aromatic heterocycles. The number of fused-ring (bicyclic) bond motifs is 4. The molecular weight excluding hydrogens is 862 g/mol. The number of hydrogen-bond donors (Lipinski definition) is 1. The third kappa shape index (κ3) is 9.63. The van der Waals surface area contributed by atoms with Gasteiger partial charge in [-0.2, -0.15) is 13.2 Å². The number of rotatable bonds is 9. The molecule has 4 nitrogen and oxygen atoms in total. The van der Waals surface area contributed by atoms with Gasteiger partial charge in [0.05, 0.1) is 17.0 Å². The molecule has 6 rings (SSSR count). The summed E-state index contributed by atoms with van der Waals surface area (Å²) in [7, 11) is 0. The summed E-state index contributed by atoms with van der Waals surface area (Å²) in [5, 5.41) is 15.2. The average molecular weight is 910 g/mol. The van der Waals surface area contributed by atoms with Crippen LogP contribution in [0.3, 0.4) is 0 Å². The van der Waals surface area contributed by atoms with Gasteiger partial charge in [0.2, 0.25) is 0 Å². The summed E-state index contributed by atoms with van der Waals surface area (Å²) in [5.41, 5.74) is 3.89. The van der Waals surface area contributed by atoms with Gasteiger partial charge in [-0.05, 0) is 76.9 Å². The van der Waals surface area contributed by atoms with Crippen LogP contribution in [0.5, 0.6) is 0 Å². The predicted molar refractivity (Wildman–Crippen MR) is 212 cm³/mol. The first kappa shape index (κ1) is 42.4. The molecular formula is C46H48F3IrN2O2-. The number of aliphatic hydroxyl groups excluding tert-OH is 1. The van der Waals surface area contributed by atoms with Gasteiger partial charge in [-0.15, -0.1) is 29.1 Å². The number of carbonyl (C=O) groups is 1. The zero-order valence-corrected chi connectivity index (χ0v) is 34.3. The fraction of sp³-hybridized carbons (Fsp3) is 0.326. The van der Waals surface area contributed by atoms with Crippen LogP contribution in [-0.2, 0) is 36.5 Å². The van der Waals surface area contributed by atoms with Gasteiger partial charge in [0, 0.05) is 49.3 Å². The maximum atomic E-state index is 13.2. The Kier molecular flexibility index (Phi) is 14.0. The van der Waals surface area contributed by atoms with E-state index >= 15 is 0 Å². The molecule has 0 aliphatic heterocycles. The van der Waals surface area contributed by atoms with Gasteiger partial charge >= 0.3 is 6.18 Å². The van der Waals surface area contributed by atoms with Gasteiger partial charge in [-0.3, -0.25) is 9.78 Å². The maximum absolute atomic E-state index is 13.2. The van der Waals surface area contributed by atoms with Crippen molar-refractivity contribution in [2.45, 2.75) is 85.7 Å². The molecule has 285 valence electrons. The average Bonchev–Trinajstić information content (AvgIpc) is 3.14. The Balaban J connectivity index is 0.000000347. The van der Waals surface area contributed by atoms with E-state index in [1.165, 1.54) is 23.1 Å². The van der Waals surface area contributed by atoms with Crippen LogP contribution in [0.4, 0.5) is 13.2 Å². The molecule has 1 radical (unpaired) electrons. The fourth-order valence-corrected chi connectivity index (χ4v) is 6.84. The predicted octanol–water partition coefficient (Wildman–Crippen LogP) is 13.3. The number of carbonyl (C=O) groups excluding carboxylic acids is 1. The Morgan fingerprint density at radius 1 is 0.741 bits per heavy atom. The second-order valence-electron chi connectivity index (χ2n) is 14.6. The Morgan fingerprint density at radius 3 is 1.94 bits per heavy atom. The van der Waals surface area contributed by atoms with E-state index in [9.17, 15) is 23.1 Å². The van der Waals surface area contributed by atoms with Crippen molar-refractivity contribution >= 4 is 38.1 Å². The number of allylic oxidation sites excluding steroid dienone is 2. The number of alkyl halides is 3. The van der Waals surface area contributed by atoms with Crippen LogP contribution in [0.2, 0.25) is 0 Å². The molecule has 0 aliphatic rings. The van der Waals surface area contributed by atoms with Crippen LogP contribution in [-0.4, -0.2) is 20.9 Å².